The Balaban J connectivity index is 1.90. The van der Waals surface area contributed by atoms with Gasteiger partial charge in [0.05, 0.1) is 11.0 Å². The van der Waals surface area contributed by atoms with E-state index in [-0.39, 0.29) is 0 Å². The molecule has 0 aliphatic heterocycles. The number of thiophene rings is 1. The number of aryl methyl sites for hydroxylation is 1. The van der Waals surface area contributed by atoms with Crippen molar-refractivity contribution in [2.24, 2.45) is 0 Å². The van der Waals surface area contributed by atoms with E-state index in [1.54, 1.807) is 11.3 Å². The maximum Gasteiger partial charge on any atom is 0.225 e. The lowest BCUT2D eigenvalue weighted by Gasteiger charge is -2.23. The monoisotopic (exact) mass is 306 g/mol. The summed E-state index contributed by atoms with van der Waals surface area (Å²) in [6.07, 6.45) is 4.96. The molecular formula is C15H22N4OS. The van der Waals surface area contributed by atoms with E-state index < -0.39 is 5.60 Å². The first-order valence-corrected chi connectivity index (χ1v) is 8.40. The second-order valence-corrected chi connectivity index (χ2v) is 6.83. The van der Waals surface area contributed by atoms with Gasteiger partial charge in [-0.15, -0.1) is 11.3 Å². The number of hydrogen-bond donors (Lipinski definition) is 3. The van der Waals surface area contributed by atoms with Crippen LogP contribution in [-0.2, 0) is 6.42 Å². The Morgan fingerprint density at radius 2 is 2.10 bits per heavy atom. The molecule has 114 valence electrons. The molecule has 0 bridgehead atoms. The molecule has 0 saturated heterocycles. The van der Waals surface area contributed by atoms with E-state index in [1.807, 2.05) is 7.05 Å². The Labute approximate surface area is 128 Å². The lowest BCUT2D eigenvalue weighted by Crippen LogP contribution is -2.33. The highest BCUT2D eigenvalue weighted by atomic mass is 32.1. The quantitative estimate of drug-likeness (QED) is 0.792. The summed E-state index contributed by atoms with van der Waals surface area (Å²) in [4.78, 5) is 11.3. The van der Waals surface area contributed by atoms with Gasteiger partial charge < -0.3 is 15.7 Å². The highest BCUT2D eigenvalue weighted by Gasteiger charge is 2.31. The molecule has 0 amide bonds. The van der Waals surface area contributed by atoms with E-state index in [4.69, 9.17) is 0 Å². The fraction of sp³-hybridized carbons (Fsp3) is 0.600. The maximum atomic E-state index is 10.5. The Morgan fingerprint density at radius 3 is 2.76 bits per heavy atom. The van der Waals surface area contributed by atoms with Crippen molar-refractivity contribution in [3.05, 3.63) is 10.9 Å². The normalized spacial score (nSPS) is 17.3. The molecule has 0 unspecified atom stereocenters. The van der Waals surface area contributed by atoms with Crippen LogP contribution in [0, 0.1) is 0 Å². The molecule has 2 heterocycles. The summed E-state index contributed by atoms with van der Waals surface area (Å²) < 4.78 is 0. The molecule has 0 atom stereocenters. The maximum absolute atomic E-state index is 10.5. The molecule has 0 aromatic carbocycles. The van der Waals surface area contributed by atoms with Gasteiger partial charge in [-0.3, -0.25) is 0 Å². The summed E-state index contributed by atoms with van der Waals surface area (Å²) in [6.45, 7) is 2.70. The fourth-order valence-electron chi connectivity index (χ4n) is 2.85. The second kappa shape index (κ2) is 5.77. The Kier molecular flexibility index (Phi) is 3.99. The Morgan fingerprint density at radius 1 is 1.33 bits per heavy atom. The molecule has 1 aliphatic carbocycles. The average molecular weight is 306 g/mol. The predicted octanol–water partition coefficient (Wildman–Crippen LogP) is 3.01. The molecule has 1 fully saturated rings. The highest BCUT2D eigenvalue weighted by Crippen LogP contribution is 2.33. The number of aliphatic hydroxyl groups is 1. The number of rotatable bonds is 5. The van der Waals surface area contributed by atoms with Crippen LogP contribution in [0.25, 0.3) is 10.2 Å². The average Bonchev–Trinajstić information content (AvgIpc) is 3.10. The first-order chi connectivity index (χ1) is 10.1. The van der Waals surface area contributed by atoms with Gasteiger partial charge in [0.1, 0.15) is 10.6 Å². The van der Waals surface area contributed by atoms with Crippen molar-refractivity contribution in [3.8, 4) is 0 Å². The van der Waals surface area contributed by atoms with Gasteiger partial charge in [0.15, 0.2) is 0 Å². The minimum Gasteiger partial charge on any atom is -0.388 e. The van der Waals surface area contributed by atoms with Crippen LogP contribution in [0.2, 0.25) is 0 Å². The fourth-order valence-corrected chi connectivity index (χ4v) is 3.82. The van der Waals surface area contributed by atoms with Gasteiger partial charge in [0.2, 0.25) is 5.95 Å². The topological polar surface area (TPSA) is 70.1 Å². The van der Waals surface area contributed by atoms with Crippen molar-refractivity contribution in [2.75, 3.05) is 24.2 Å². The summed E-state index contributed by atoms with van der Waals surface area (Å²) >= 11 is 1.70. The lowest BCUT2D eigenvalue weighted by atomic mass is 10.0. The van der Waals surface area contributed by atoms with Crippen LogP contribution in [-0.4, -0.2) is 34.3 Å². The van der Waals surface area contributed by atoms with E-state index in [9.17, 15) is 5.11 Å². The minimum atomic E-state index is -0.583. The lowest BCUT2D eigenvalue weighted by molar-refractivity contribution is 0.0614. The molecule has 0 spiro atoms. The van der Waals surface area contributed by atoms with Gasteiger partial charge in [-0.1, -0.05) is 19.8 Å². The van der Waals surface area contributed by atoms with E-state index in [2.05, 4.69) is 33.6 Å². The standard InChI is InChI=1S/C15H22N4OS/c1-3-10-8-11-12(17-9-15(20)6-4-5-7-15)18-14(16-2)19-13(11)21-10/h8,20H,3-7,9H2,1-2H3,(H2,16,17,18,19). The number of fused-ring (bicyclic) bond motifs is 1. The number of anilines is 2. The zero-order valence-corrected chi connectivity index (χ0v) is 13.4. The van der Waals surface area contributed by atoms with E-state index in [0.717, 1.165) is 48.1 Å². The van der Waals surface area contributed by atoms with Gasteiger partial charge in [0, 0.05) is 18.5 Å². The van der Waals surface area contributed by atoms with Crippen LogP contribution in [0.3, 0.4) is 0 Å². The van der Waals surface area contributed by atoms with Crippen LogP contribution in [0.1, 0.15) is 37.5 Å². The van der Waals surface area contributed by atoms with Gasteiger partial charge in [-0.05, 0) is 25.3 Å². The zero-order valence-electron chi connectivity index (χ0n) is 12.6. The summed E-state index contributed by atoms with van der Waals surface area (Å²) in [5.74, 6) is 1.44. The number of aromatic nitrogens is 2. The molecule has 1 aliphatic rings. The van der Waals surface area contributed by atoms with Crippen molar-refractivity contribution in [1.29, 1.82) is 0 Å². The van der Waals surface area contributed by atoms with Crippen LogP contribution in [0.4, 0.5) is 11.8 Å². The molecule has 1 saturated carbocycles. The molecule has 0 radical (unpaired) electrons. The predicted molar refractivity (Wildman–Crippen MR) is 88.2 cm³/mol. The van der Waals surface area contributed by atoms with Gasteiger partial charge in [-0.2, -0.15) is 4.98 Å². The summed E-state index contributed by atoms with van der Waals surface area (Å²) in [5, 5.41) is 17.9. The first kappa shape index (κ1) is 14.5. The molecule has 2 aromatic rings. The third-order valence-corrected chi connectivity index (χ3v) is 5.31. The van der Waals surface area contributed by atoms with Crippen molar-refractivity contribution >= 4 is 33.3 Å². The molecule has 6 heteroatoms. The van der Waals surface area contributed by atoms with E-state index in [1.165, 1.54) is 4.88 Å². The van der Waals surface area contributed by atoms with Gasteiger partial charge in [-0.25, -0.2) is 4.98 Å². The minimum absolute atomic E-state index is 0.555. The van der Waals surface area contributed by atoms with Crippen LogP contribution >= 0.6 is 11.3 Å². The third-order valence-electron chi connectivity index (χ3n) is 4.14. The van der Waals surface area contributed by atoms with Crippen LogP contribution in [0.15, 0.2) is 6.07 Å². The van der Waals surface area contributed by atoms with Gasteiger partial charge >= 0.3 is 0 Å². The Bertz CT molecular complexity index is 634. The molecule has 21 heavy (non-hydrogen) atoms. The Hall–Kier alpha value is -1.40. The van der Waals surface area contributed by atoms with Gasteiger partial charge in [0.25, 0.3) is 0 Å². The van der Waals surface area contributed by atoms with Crippen molar-refractivity contribution in [2.45, 2.75) is 44.6 Å². The van der Waals surface area contributed by atoms with E-state index in [0.29, 0.717) is 12.5 Å². The smallest absolute Gasteiger partial charge is 0.225 e. The summed E-state index contributed by atoms with van der Waals surface area (Å²) in [6, 6.07) is 2.15. The molecular weight excluding hydrogens is 284 g/mol. The van der Waals surface area contributed by atoms with Crippen molar-refractivity contribution in [3.63, 3.8) is 0 Å². The zero-order chi connectivity index (χ0) is 14.9. The molecule has 3 rings (SSSR count). The van der Waals surface area contributed by atoms with E-state index >= 15 is 0 Å². The van der Waals surface area contributed by atoms with Crippen molar-refractivity contribution < 1.29 is 5.11 Å². The molecule has 2 aromatic heterocycles. The van der Waals surface area contributed by atoms with Crippen molar-refractivity contribution in [1.82, 2.24) is 9.97 Å². The van der Waals surface area contributed by atoms with Crippen LogP contribution in [0.5, 0.6) is 0 Å². The SMILES string of the molecule is CCc1cc2c(NCC3(O)CCCC3)nc(NC)nc2s1. The number of nitrogens with one attached hydrogen (secondary N) is 2. The van der Waals surface area contributed by atoms with Crippen LogP contribution < -0.4 is 10.6 Å². The summed E-state index contributed by atoms with van der Waals surface area (Å²) in [7, 11) is 1.82. The largest absolute Gasteiger partial charge is 0.388 e. The molecule has 3 N–H and O–H groups in total. The first-order valence-electron chi connectivity index (χ1n) is 7.58. The molecule has 5 nitrogen and oxygen atoms in total. The third kappa shape index (κ3) is 2.96. The second-order valence-electron chi connectivity index (χ2n) is 5.72. The number of nitrogens with zero attached hydrogens (tertiary/aromatic N) is 2. The summed E-state index contributed by atoms with van der Waals surface area (Å²) in [5.41, 5.74) is -0.583. The highest BCUT2D eigenvalue weighted by molar-refractivity contribution is 7.18. The number of hydrogen-bond acceptors (Lipinski definition) is 6.